The molecule has 5 nitrogen and oxygen atoms in total. The number of nitrogens with one attached hydrogen (secondary N) is 1. The summed E-state index contributed by atoms with van der Waals surface area (Å²) >= 11 is 0. The zero-order valence-corrected chi connectivity index (χ0v) is 17.7. The Bertz CT molecular complexity index is 617. The molecule has 28 heavy (non-hydrogen) atoms. The van der Waals surface area contributed by atoms with Gasteiger partial charge in [0.25, 0.3) is 0 Å². The lowest BCUT2D eigenvalue weighted by atomic mass is 9.83. The Balaban J connectivity index is 2.09. The normalized spacial score (nSPS) is 17.6. The third kappa shape index (κ3) is 8.01. The van der Waals surface area contributed by atoms with Crippen LogP contribution in [0.1, 0.15) is 71.8 Å². The first-order chi connectivity index (χ1) is 13.2. The van der Waals surface area contributed by atoms with Crippen molar-refractivity contribution in [2.75, 3.05) is 0 Å². The number of alkyl carbamates (subject to hydrolysis) is 1. The van der Waals surface area contributed by atoms with E-state index in [1.807, 2.05) is 51.1 Å². The molecule has 2 atom stereocenters. The Kier molecular flexibility index (Phi) is 8.49. The van der Waals surface area contributed by atoms with Crippen molar-refractivity contribution in [2.24, 2.45) is 5.92 Å². The van der Waals surface area contributed by atoms with Gasteiger partial charge in [0, 0.05) is 0 Å². The monoisotopic (exact) mass is 389 g/mol. The fourth-order valence-electron chi connectivity index (χ4n) is 3.78. The topological polar surface area (TPSA) is 64.6 Å². The molecule has 1 aliphatic carbocycles. The summed E-state index contributed by atoms with van der Waals surface area (Å²) in [5.74, 6) is 0.420. The quantitative estimate of drug-likeness (QED) is 0.678. The van der Waals surface area contributed by atoms with Crippen LogP contribution in [0, 0.1) is 5.92 Å². The molecule has 0 bridgehead atoms. The molecule has 0 spiro atoms. The van der Waals surface area contributed by atoms with Crippen molar-refractivity contribution in [3.8, 4) is 0 Å². The number of hydrogen-bond donors (Lipinski definition) is 1. The summed E-state index contributed by atoms with van der Waals surface area (Å²) < 4.78 is 11.4. The van der Waals surface area contributed by atoms with E-state index >= 15 is 0 Å². The average molecular weight is 390 g/mol. The lowest BCUT2D eigenvalue weighted by molar-refractivity contribution is -0.131. The SMILES string of the molecule is CC(=O)[C@H](OCc1ccccc1)[C@H](CC1CCCCC1)NC(=O)OC(C)(C)C. The Hall–Kier alpha value is -1.88. The molecule has 0 radical (unpaired) electrons. The Morgan fingerprint density at radius 2 is 1.75 bits per heavy atom. The van der Waals surface area contributed by atoms with Crippen LogP contribution >= 0.6 is 0 Å². The van der Waals surface area contributed by atoms with Crippen LogP contribution in [0.2, 0.25) is 0 Å². The molecule has 0 heterocycles. The summed E-state index contributed by atoms with van der Waals surface area (Å²) in [4.78, 5) is 24.8. The minimum atomic E-state index is -0.686. The fourth-order valence-corrected chi connectivity index (χ4v) is 3.78. The van der Waals surface area contributed by atoms with E-state index in [0.29, 0.717) is 12.5 Å². The van der Waals surface area contributed by atoms with Gasteiger partial charge in [-0.3, -0.25) is 4.79 Å². The molecule has 1 amide bonds. The van der Waals surface area contributed by atoms with E-state index in [1.54, 1.807) is 0 Å². The van der Waals surface area contributed by atoms with E-state index in [4.69, 9.17) is 9.47 Å². The van der Waals surface area contributed by atoms with Gasteiger partial charge in [0.1, 0.15) is 11.7 Å². The zero-order chi connectivity index (χ0) is 20.6. The van der Waals surface area contributed by atoms with Gasteiger partial charge in [-0.15, -0.1) is 0 Å². The molecule has 1 aromatic rings. The predicted octanol–water partition coefficient (Wildman–Crippen LogP) is 5.02. The maximum absolute atomic E-state index is 12.4. The van der Waals surface area contributed by atoms with Crippen LogP contribution in [0.25, 0.3) is 0 Å². The largest absolute Gasteiger partial charge is 0.444 e. The molecule has 0 aliphatic heterocycles. The van der Waals surface area contributed by atoms with Gasteiger partial charge in [0.2, 0.25) is 0 Å². The van der Waals surface area contributed by atoms with Gasteiger partial charge < -0.3 is 14.8 Å². The van der Waals surface area contributed by atoms with Gasteiger partial charge in [0.05, 0.1) is 12.6 Å². The molecule has 0 aromatic heterocycles. The molecule has 1 aromatic carbocycles. The molecular formula is C23H35NO4. The van der Waals surface area contributed by atoms with Crippen LogP contribution in [0.3, 0.4) is 0 Å². The van der Waals surface area contributed by atoms with Crippen LogP contribution in [0.15, 0.2) is 30.3 Å². The minimum Gasteiger partial charge on any atom is -0.444 e. The highest BCUT2D eigenvalue weighted by Gasteiger charge is 2.32. The van der Waals surface area contributed by atoms with Crippen molar-refractivity contribution in [1.82, 2.24) is 5.32 Å². The lowest BCUT2D eigenvalue weighted by Gasteiger charge is -2.32. The lowest BCUT2D eigenvalue weighted by Crippen LogP contribution is -2.50. The highest BCUT2D eigenvalue weighted by atomic mass is 16.6. The fraction of sp³-hybridized carbons (Fsp3) is 0.652. The first-order valence-corrected chi connectivity index (χ1v) is 10.4. The second-order valence-corrected chi connectivity index (χ2v) is 8.82. The van der Waals surface area contributed by atoms with E-state index < -0.39 is 17.8 Å². The molecule has 1 saturated carbocycles. The van der Waals surface area contributed by atoms with Gasteiger partial charge in [-0.25, -0.2) is 4.79 Å². The first-order valence-electron chi connectivity index (χ1n) is 10.4. The summed E-state index contributed by atoms with van der Waals surface area (Å²) in [5, 5.41) is 2.93. The molecule has 0 saturated heterocycles. The highest BCUT2D eigenvalue weighted by Crippen LogP contribution is 2.29. The van der Waals surface area contributed by atoms with Crippen LogP contribution < -0.4 is 5.32 Å². The second kappa shape index (κ2) is 10.6. The van der Waals surface area contributed by atoms with Gasteiger partial charge in [-0.1, -0.05) is 62.4 Å². The van der Waals surface area contributed by atoms with Crippen molar-refractivity contribution in [3.63, 3.8) is 0 Å². The summed E-state index contributed by atoms with van der Waals surface area (Å²) in [6.07, 6.45) is 5.50. The number of amides is 1. The molecule has 1 N–H and O–H groups in total. The third-order valence-corrected chi connectivity index (χ3v) is 5.05. The number of ketones is 1. The van der Waals surface area contributed by atoms with Crippen LogP contribution in [0.4, 0.5) is 4.79 Å². The summed E-state index contributed by atoms with van der Waals surface area (Å²) in [6, 6.07) is 9.38. The summed E-state index contributed by atoms with van der Waals surface area (Å²) in [6.45, 7) is 7.35. The molecule has 1 fully saturated rings. The van der Waals surface area contributed by atoms with Crippen LogP contribution in [0.5, 0.6) is 0 Å². The van der Waals surface area contributed by atoms with E-state index in [9.17, 15) is 9.59 Å². The number of carbonyl (C=O) groups excluding carboxylic acids is 2. The number of rotatable bonds is 8. The third-order valence-electron chi connectivity index (χ3n) is 5.05. The Morgan fingerprint density at radius 1 is 1.11 bits per heavy atom. The average Bonchev–Trinajstić information content (AvgIpc) is 2.61. The number of Topliss-reactive ketones (excluding diaryl/α,β-unsaturated/α-hetero) is 1. The van der Waals surface area contributed by atoms with Crippen molar-refractivity contribution in [3.05, 3.63) is 35.9 Å². The van der Waals surface area contributed by atoms with Gasteiger partial charge >= 0.3 is 6.09 Å². The van der Waals surface area contributed by atoms with Gasteiger partial charge in [-0.05, 0) is 45.6 Å². The van der Waals surface area contributed by atoms with Crippen LogP contribution in [-0.4, -0.2) is 29.6 Å². The van der Waals surface area contributed by atoms with E-state index in [2.05, 4.69) is 5.32 Å². The van der Waals surface area contributed by atoms with Gasteiger partial charge in [0.15, 0.2) is 5.78 Å². The van der Waals surface area contributed by atoms with Crippen molar-refractivity contribution in [1.29, 1.82) is 0 Å². The summed E-state index contributed by atoms with van der Waals surface area (Å²) in [5.41, 5.74) is 0.415. The van der Waals surface area contributed by atoms with Crippen molar-refractivity contribution < 1.29 is 19.1 Å². The number of hydrogen-bond acceptors (Lipinski definition) is 4. The minimum absolute atomic E-state index is 0.0761. The number of benzene rings is 1. The molecular weight excluding hydrogens is 354 g/mol. The zero-order valence-electron chi connectivity index (χ0n) is 17.7. The molecule has 5 heteroatoms. The Morgan fingerprint density at radius 3 is 2.32 bits per heavy atom. The number of carbonyl (C=O) groups is 2. The molecule has 0 unspecified atom stereocenters. The van der Waals surface area contributed by atoms with Crippen molar-refractivity contribution >= 4 is 11.9 Å². The Labute approximate surface area is 169 Å². The molecule has 156 valence electrons. The van der Waals surface area contributed by atoms with Crippen molar-refractivity contribution in [2.45, 2.75) is 90.6 Å². The maximum Gasteiger partial charge on any atom is 0.407 e. The van der Waals surface area contributed by atoms with Crippen LogP contribution in [-0.2, 0) is 20.9 Å². The highest BCUT2D eigenvalue weighted by molar-refractivity contribution is 5.82. The summed E-state index contributed by atoms with van der Waals surface area (Å²) in [7, 11) is 0. The predicted molar refractivity (Wildman–Crippen MR) is 110 cm³/mol. The van der Waals surface area contributed by atoms with Gasteiger partial charge in [-0.2, -0.15) is 0 Å². The van der Waals surface area contributed by atoms with E-state index in [-0.39, 0.29) is 11.8 Å². The standard InChI is InChI=1S/C23H35NO4/c1-17(25)21(27-16-19-13-9-6-10-14-19)20(15-18-11-7-5-8-12-18)24-22(26)28-23(2,3)4/h6,9-10,13-14,18,20-21H,5,7-8,11-12,15-16H2,1-4H3,(H,24,26)/t20-,21-/m0/s1. The first kappa shape index (κ1) is 22.4. The molecule has 1 aliphatic rings. The maximum atomic E-state index is 12.4. The second-order valence-electron chi connectivity index (χ2n) is 8.82. The smallest absolute Gasteiger partial charge is 0.407 e. The number of ether oxygens (including phenoxy) is 2. The molecule has 2 rings (SSSR count). The van der Waals surface area contributed by atoms with E-state index in [1.165, 1.54) is 26.2 Å². The van der Waals surface area contributed by atoms with E-state index in [0.717, 1.165) is 24.8 Å².